The minimum Gasteiger partial charge on any atom is -0.339 e. The molecule has 2 aromatic carbocycles. The summed E-state index contributed by atoms with van der Waals surface area (Å²) < 4.78 is 0. The number of para-hydroxylation sites is 1. The number of nitrogens with one attached hydrogen (secondary N) is 2. The number of carbonyl (C=O) groups excluding carboxylic acids is 3. The molecule has 2 aliphatic rings. The van der Waals surface area contributed by atoms with Gasteiger partial charge in [0.2, 0.25) is 5.91 Å². The molecule has 2 fully saturated rings. The molecule has 0 radical (unpaired) electrons. The fraction of sp³-hybridized carbons (Fsp3) is 0.348. The summed E-state index contributed by atoms with van der Waals surface area (Å²) in [5.74, 6) is -0.165. The summed E-state index contributed by atoms with van der Waals surface area (Å²) in [6.07, 6.45) is 5.08. The molecule has 4 rings (SSSR count). The van der Waals surface area contributed by atoms with Gasteiger partial charge in [-0.3, -0.25) is 14.4 Å². The van der Waals surface area contributed by atoms with Crippen molar-refractivity contribution in [1.82, 2.24) is 4.90 Å². The van der Waals surface area contributed by atoms with Gasteiger partial charge >= 0.3 is 0 Å². The molecule has 6 nitrogen and oxygen atoms in total. The lowest BCUT2D eigenvalue weighted by molar-refractivity contribution is -0.117. The molecule has 1 saturated carbocycles. The summed E-state index contributed by atoms with van der Waals surface area (Å²) in [6.45, 7) is 1.52. The first kappa shape index (κ1) is 19.2. The van der Waals surface area contributed by atoms with E-state index in [1.54, 1.807) is 42.5 Å². The number of anilines is 2. The summed E-state index contributed by atoms with van der Waals surface area (Å²) in [6, 6.07) is 13.9. The lowest BCUT2D eigenvalue weighted by Crippen LogP contribution is -2.36. The number of carbonyl (C=O) groups is 3. The largest absolute Gasteiger partial charge is 0.339 e. The van der Waals surface area contributed by atoms with Crippen molar-refractivity contribution in [1.29, 1.82) is 0 Å². The Morgan fingerprint density at radius 2 is 1.52 bits per heavy atom. The first-order chi connectivity index (χ1) is 14.1. The van der Waals surface area contributed by atoms with Crippen LogP contribution in [0.5, 0.6) is 0 Å². The normalized spacial score (nSPS) is 16.2. The number of piperidine rings is 1. The van der Waals surface area contributed by atoms with Gasteiger partial charge in [0, 0.05) is 30.3 Å². The lowest BCUT2D eigenvalue weighted by atomic mass is 10.1. The Morgan fingerprint density at radius 3 is 2.21 bits per heavy atom. The van der Waals surface area contributed by atoms with Crippen LogP contribution < -0.4 is 10.6 Å². The third-order valence-corrected chi connectivity index (χ3v) is 5.41. The van der Waals surface area contributed by atoms with E-state index in [0.29, 0.717) is 22.5 Å². The zero-order valence-corrected chi connectivity index (χ0v) is 16.3. The average Bonchev–Trinajstić information content (AvgIpc) is 3.60. The number of nitrogens with zero attached hydrogens (tertiary/aromatic N) is 1. The molecule has 6 heteroatoms. The van der Waals surface area contributed by atoms with Crippen LogP contribution >= 0.6 is 0 Å². The standard InChI is InChI=1S/C23H25N3O3/c27-21(16-8-9-16)24-18-12-10-17(11-13-18)22(28)25-20-7-3-2-6-19(20)23(29)26-14-4-1-5-15-26/h2-3,6-7,10-13,16H,1,4-5,8-9,14-15H2,(H,24,27)(H,25,28). The maximum Gasteiger partial charge on any atom is 0.255 e. The van der Waals surface area contributed by atoms with Gasteiger partial charge in [-0.1, -0.05) is 12.1 Å². The van der Waals surface area contributed by atoms with Crippen LogP contribution in [0.4, 0.5) is 11.4 Å². The smallest absolute Gasteiger partial charge is 0.255 e. The summed E-state index contributed by atoms with van der Waals surface area (Å²) >= 11 is 0. The Labute approximate surface area is 170 Å². The van der Waals surface area contributed by atoms with Crippen molar-refractivity contribution in [2.75, 3.05) is 23.7 Å². The Balaban J connectivity index is 1.44. The van der Waals surface area contributed by atoms with Gasteiger partial charge in [-0.05, 0) is 68.5 Å². The second-order valence-corrected chi connectivity index (χ2v) is 7.69. The molecular formula is C23H25N3O3. The van der Waals surface area contributed by atoms with Crippen molar-refractivity contribution in [2.24, 2.45) is 5.92 Å². The van der Waals surface area contributed by atoms with E-state index in [-0.39, 0.29) is 23.6 Å². The molecule has 0 bridgehead atoms. The molecule has 2 aromatic rings. The molecule has 1 aliphatic heterocycles. The fourth-order valence-corrected chi connectivity index (χ4v) is 3.54. The van der Waals surface area contributed by atoms with Crippen molar-refractivity contribution in [2.45, 2.75) is 32.1 Å². The molecule has 2 N–H and O–H groups in total. The number of likely N-dealkylation sites (tertiary alicyclic amines) is 1. The van der Waals surface area contributed by atoms with Gasteiger partial charge in [0.15, 0.2) is 0 Å². The van der Waals surface area contributed by atoms with Crippen LogP contribution in [0.15, 0.2) is 48.5 Å². The number of benzene rings is 2. The molecule has 29 heavy (non-hydrogen) atoms. The lowest BCUT2D eigenvalue weighted by Gasteiger charge is -2.27. The van der Waals surface area contributed by atoms with E-state index in [0.717, 1.165) is 45.2 Å². The second kappa shape index (κ2) is 8.47. The Kier molecular flexibility index (Phi) is 5.60. The topological polar surface area (TPSA) is 78.5 Å². The molecule has 1 heterocycles. The predicted molar refractivity (Wildman–Crippen MR) is 112 cm³/mol. The zero-order valence-electron chi connectivity index (χ0n) is 16.3. The summed E-state index contributed by atoms with van der Waals surface area (Å²) in [7, 11) is 0. The van der Waals surface area contributed by atoms with Crippen LogP contribution in [0.1, 0.15) is 52.8 Å². The molecule has 150 valence electrons. The van der Waals surface area contributed by atoms with Gasteiger partial charge in [0.25, 0.3) is 11.8 Å². The minimum atomic E-state index is -0.288. The highest BCUT2D eigenvalue weighted by Crippen LogP contribution is 2.30. The molecule has 1 saturated heterocycles. The van der Waals surface area contributed by atoms with Crippen molar-refractivity contribution in [3.63, 3.8) is 0 Å². The van der Waals surface area contributed by atoms with Crippen LogP contribution in [0.3, 0.4) is 0 Å². The van der Waals surface area contributed by atoms with Gasteiger partial charge in [-0.25, -0.2) is 0 Å². The van der Waals surface area contributed by atoms with Crippen molar-refractivity contribution >= 4 is 29.1 Å². The fourth-order valence-electron chi connectivity index (χ4n) is 3.54. The summed E-state index contributed by atoms with van der Waals surface area (Å²) in [5.41, 5.74) is 2.17. The van der Waals surface area contributed by atoms with Crippen molar-refractivity contribution in [3.8, 4) is 0 Å². The van der Waals surface area contributed by atoms with E-state index in [2.05, 4.69) is 10.6 Å². The highest BCUT2D eigenvalue weighted by molar-refractivity contribution is 6.09. The molecule has 0 spiro atoms. The van der Waals surface area contributed by atoms with E-state index < -0.39 is 0 Å². The molecular weight excluding hydrogens is 366 g/mol. The van der Waals surface area contributed by atoms with E-state index in [1.165, 1.54) is 0 Å². The first-order valence-electron chi connectivity index (χ1n) is 10.2. The van der Waals surface area contributed by atoms with Crippen LogP contribution in [0, 0.1) is 5.92 Å². The first-order valence-corrected chi connectivity index (χ1v) is 10.2. The van der Waals surface area contributed by atoms with Crippen LogP contribution in [0.25, 0.3) is 0 Å². The van der Waals surface area contributed by atoms with E-state index in [9.17, 15) is 14.4 Å². The maximum absolute atomic E-state index is 12.9. The van der Waals surface area contributed by atoms with Gasteiger partial charge in [0.05, 0.1) is 11.3 Å². The van der Waals surface area contributed by atoms with Crippen LogP contribution in [0.2, 0.25) is 0 Å². The van der Waals surface area contributed by atoms with E-state index in [1.807, 2.05) is 11.0 Å². The molecule has 0 unspecified atom stereocenters. The van der Waals surface area contributed by atoms with Crippen molar-refractivity contribution < 1.29 is 14.4 Å². The van der Waals surface area contributed by atoms with Gasteiger partial charge in [-0.15, -0.1) is 0 Å². The third kappa shape index (κ3) is 4.65. The SMILES string of the molecule is O=C(Nc1ccccc1C(=O)N1CCCCC1)c1ccc(NC(=O)C2CC2)cc1. The summed E-state index contributed by atoms with van der Waals surface area (Å²) in [5, 5.41) is 5.72. The van der Waals surface area contributed by atoms with Gasteiger partial charge in [-0.2, -0.15) is 0 Å². The Morgan fingerprint density at radius 1 is 0.828 bits per heavy atom. The van der Waals surface area contributed by atoms with E-state index in [4.69, 9.17) is 0 Å². The minimum absolute atomic E-state index is 0.0346. The Bertz CT molecular complexity index is 913. The van der Waals surface area contributed by atoms with E-state index >= 15 is 0 Å². The van der Waals surface area contributed by atoms with Gasteiger partial charge < -0.3 is 15.5 Å². The average molecular weight is 391 g/mol. The predicted octanol–water partition coefficient (Wildman–Crippen LogP) is 3.91. The van der Waals surface area contributed by atoms with Crippen LogP contribution in [-0.2, 0) is 4.79 Å². The maximum atomic E-state index is 12.9. The quantitative estimate of drug-likeness (QED) is 0.811. The third-order valence-electron chi connectivity index (χ3n) is 5.41. The number of hydrogen-bond acceptors (Lipinski definition) is 3. The number of rotatable bonds is 5. The number of hydrogen-bond donors (Lipinski definition) is 2. The molecule has 1 aliphatic carbocycles. The second-order valence-electron chi connectivity index (χ2n) is 7.69. The summed E-state index contributed by atoms with van der Waals surface area (Å²) in [4.78, 5) is 39.3. The van der Waals surface area contributed by atoms with Gasteiger partial charge in [0.1, 0.15) is 0 Å². The number of amides is 3. The molecule has 0 atom stereocenters. The van der Waals surface area contributed by atoms with Crippen LogP contribution in [-0.4, -0.2) is 35.7 Å². The monoisotopic (exact) mass is 391 g/mol. The zero-order chi connectivity index (χ0) is 20.2. The highest BCUT2D eigenvalue weighted by Gasteiger charge is 2.29. The molecule has 3 amide bonds. The molecule has 0 aromatic heterocycles. The van der Waals surface area contributed by atoms with Crippen molar-refractivity contribution in [3.05, 3.63) is 59.7 Å². The highest BCUT2D eigenvalue weighted by atomic mass is 16.2. The Hall–Kier alpha value is -3.15.